The second-order valence-electron chi connectivity index (χ2n) is 6.38. The van der Waals surface area contributed by atoms with E-state index in [2.05, 4.69) is 47.3 Å². The van der Waals surface area contributed by atoms with E-state index in [9.17, 15) is 14.4 Å². The maximum atomic E-state index is 13.6. The summed E-state index contributed by atoms with van der Waals surface area (Å²) in [5, 5.41) is 7.40. The van der Waals surface area contributed by atoms with E-state index in [4.69, 9.17) is 23.2 Å². The number of aromatic nitrogens is 3. The van der Waals surface area contributed by atoms with E-state index in [1.165, 1.54) is 36.0 Å². The molecule has 166 valence electrons. The van der Waals surface area contributed by atoms with Crippen LogP contribution in [0.5, 0.6) is 0 Å². The quantitative estimate of drug-likeness (QED) is 0.441. The highest BCUT2D eigenvalue weighted by Crippen LogP contribution is 2.35. The Morgan fingerprint density at radius 1 is 1.19 bits per heavy atom. The molecular formula is C20H15Br2Cl2N5O3. The zero-order chi connectivity index (χ0) is 23.6. The van der Waals surface area contributed by atoms with Crippen LogP contribution >= 0.6 is 55.1 Å². The van der Waals surface area contributed by atoms with Gasteiger partial charge in [0.25, 0.3) is 11.8 Å². The number of hydrogen-bond donors (Lipinski definition) is 1. The van der Waals surface area contributed by atoms with Crippen molar-refractivity contribution in [1.29, 1.82) is 0 Å². The van der Waals surface area contributed by atoms with Gasteiger partial charge in [-0.05, 0) is 63.0 Å². The summed E-state index contributed by atoms with van der Waals surface area (Å²) >= 11 is 19.0. The van der Waals surface area contributed by atoms with Crippen LogP contribution < -0.4 is 10.2 Å². The number of carbonyl (C=O) groups is 3. The zero-order valence-electron chi connectivity index (χ0n) is 16.7. The number of pyridine rings is 1. The van der Waals surface area contributed by atoms with E-state index < -0.39 is 17.7 Å². The van der Waals surface area contributed by atoms with Crippen LogP contribution in [0, 0.1) is 0 Å². The first kappa shape index (κ1) is 24.4. The summed E-state index contributed by atoms with van der Waals surface area (Å²) in [6, 6.07) is 7.54. The summed E-state index contributed by atoms with van der Waals surface area (Å²) in [6.45, 7) is 3.30. The smallest absolute Gasteiger partial charge is 0.283 e. The van der Waals surface area contributed by atoms with Crippen molar-refractivity contribution in [3.05, 3.63) is 66.9 Å². The van der Waals surface area contributed by atoms with Gasteiger partial charge >= 0.3 is 0 Å². The van der Waals surface area contributed by atoms with E-state index >= 15 is 0 Å². The Labute approximate surface area is 210 Å². The fourth-order valence-corrected chi connectivity index (χ4v) is 4.50. The van der Waals surface area contributed by atoms with Crippen molar-refractivity contribution in [2.24, 2.45) is 0 Å². The summed E-state index contributed by atoms with van der Waals surface area (Å²) in [7, 11) is 0. The van der Waals surface area contributed by atoms with Gasteiger partial charge in [-0.15, -0.1) is 0 Å². The van der Waals surface area contributed by atoms with Gasteiger partial charge in [-0.2, -0.15) is 5.10 Å². The molecule has 0 aliphatic rings. The lowest BCUT2D eigenvalue weighted by Crippen LogP contribution is -2.38. The van der Waals surface area contributed by atoms with Gasteiger partial charge in [0.05, 0.1) is 16.3 Å². The van der Waals surface area contributed by atoms with E-state index in [1.807, 2.05) is 0 Å². The number of nitrogens with one attached hydrogen (secondary N) is 1. The average molecular weight is 604 g/mol. The molecule has 3 amide bonds. The molecule has 2 heterocycles. The van der Waals surface area contributed by atoms with Gasteiger partial charge in [0.1, 0.15) is 10.3 Å². The number of rotatable bonds is 5. The Morgan fingerprint density at radius 3 is 2.53 bits per heavy atom. The predicted molar refractivity (Wildman–Crippen MR) is 129 cm³/mol. The molecular weight excluding hydrogens is 589 g/mol. The zero-order valence-corrected chi connectivity index (χ0v) is 21.4. The van der Waals surface area contributed by atoms with Crippen LogP contribution in [-0.4, -0.2) is 39.0 Å². The molecule has 0 atom stereocenters. The first-order chi connectivity index (χ1) is 15.1. The van der Waals surface area contributed by atoms with E-state index in [-0.39, 0.29) is 37.3 Å². The Kier molecular flexibility index (Phi) is 7.71. The van der Waals surface area contributed by atoms with Crippen molar-refractivity contribution >= 4 is 78.5 Å². The average Bonchev–Trinajstić information content (AvgIpc) is 3.11. The van der Waals surface area contributed by atoms with Gasteiger partial charge in [-0.3, -0.25) is 14.4 Å². The third-order valence-electron chi connectivity index (χ3n) is 4.19. The number of benzene rings is 1. The van der Waals surface area contributed by atoms with Gasteiger partial charge in [-0.1, -0.05) is 23.2 Å². The summed E-state index contributed by atoms with van der Waals surface area (Å²) in [6.07, 6.45) is 1.50. The van der Waals surface area contributed by atoms with E-state index in [0.717, 1.165) is 4.90 Å². The lowest BCUT2D eigenvalue weighted by atomic mass is 10.1. The monoisotopic (exact) mass is 601 g/mol. The number of nitrogens with zero attached hydrogens (tertiary/aromatic N) is 4. The van der Waals surface area contributed by atoms with Crippen molar-refractivity contribution in [2.75, 3.05) is 11.4 Å². The number of carbonyl (C=O) groups excluding carboxylic acids is 3. The third kappa shape index (κ3) is 4.88. The molecule has 0 aliphatic carbocycles. The lowest BCUT2D eigenvalue weighted by molar-refractivity contribution is -0.116. The van der Waals surface area contributed by atoms with Gasteiger partial charge < -0.3 is 5.32 Å². The standard InChI is InChI=1S/C20H15Br2Cl2N5O3/c1-3-25-19(31)12-7-11(23)8-13(21)17(12)28(10(2)30)20(32)15-9-16(22)27-29(15)18-14(24)5-4-6-26-18/h4-9H,3H2,1-2H3,(H,25,31). The van der Waals surface area contributed by atoms with Gasteiger partial charge in [0.15, 0.2) is 5.82 Å². The predicted octanol–water partition coefficient (Wildman–Crippen LogP) is 5.04. The molecule has 0 spiro atoms. The van der Waals surface area contributed by atoms with Crippen LogP contribution in [0.3, 0.4) is 0 Å². The van der Waals surface area contributed by atoms with Crippen molar-refractivity contribution in [1.82, 2.24) is 20.1 Å². The van der Waals surface area contributed by atoms with Crippen molar-refractivity contribution in [2.45, 2.75) is 13.8 Å². The largest absolute Gasteiger partial charge is 0.352 e. The molecule has 3 aromatic rings. The van der Waals surface area contributed by atoms with Crippen LogP contribution in [-0.2, 0) is 4.79 Å². The van der Waals surface area contributed by atoms with E-state index in [1.54, 1.807) is 19.1 Å². The normalized spacial score (nSPS) is 10.7. The molecule has 8 nitrogen and oxygen atoms in total. The fourth-order valence-electron chi connectivity index (χ4n) is 2.94. The number of anilines is 1. The van der Waals surface area contributed by atoms with Gasteiger partial charge in [0.2, 0.25) is 5.91 Å². The Hall–Kier alpha value is -2.27. The molecule has 0 unspecified atom stereocenters. The maximum absolute atomic E-state index is 13.6. The Balaban J connectivity index is 2.22. The fraction of sp³-hybridized carbons (Fsp3) is 0.150. The summed E-state index contributed by atoms with van der Waals surface area (Å²) in [4.78, 5) is 44.1. The molecule has 0 radical (unpaired) electrons. The van der Waals surface area contributed by atoms with Crippen LogP contribution in [0.4, 0.5) is 5.69 Å². The van der Waals surface area contributed by atoms with Crippen molar-refractivity contribution < 1.29 is 14.4 Å². The second-order valence-corrected chi connectivity index (χ2v) is 8.89. The van der Waals surface area contributed by atoms with Gasteiger partial charge in [0, 0.05) is 35.2 Å². The molecule has 32 heavy (non-hydrogen) atoms. The summed E-state index contributed by atoms with van der Waals surface area (Å²) in [5.74, 6) is -1.66. The molecule has 1 N–H and O–H groups in total. The SMILES string of the molecule is CCNC(=O)c1cc(Cl)cc(Br)c1N(C(C)=O)C(=O)c1cc(Br)nn1-c1ncccc1Cl. The molecule has 0 saturated heterocycles. The Bertz CT molecular complexity index is 1230. The summed E-state index contributed by atoms with van der Waals surface area (Å²) in [5.41, 5.74) is 0.0981. The molecule has 0 saturated carbocycles. The molecule has 3 rings (SSSR count). The van der Waals surface area contributed by atoms with Crippen molar-refractivity contribution in [3.63, 3.8) is 0 Å². The minimum atomic E-state index is -0.744. The van der Waals surface area contributed by atoms with E-state index in [0.29, 0.717) is 11.1 Å². The second kappa shape index (κ2) is 10.1. The minimum absolute atomic E-state index is 0.00336. The number of amides is 3. The topological polar surface area (TPSA) is 97.2 Å². The first-order valence-corrected chi connectivity index (χ1v) is 11.5. The maximum Gasteiger partial charge on any atom is 0.283 e. The van der Waals surface area contributed by atoms with Crippen molar-refractivity contribution in [3.8, 4) is 5.82 Å². The van der Waals surface area contributed by atoms with Gasteiger partial charge in [-0.25, -0.2) is 14.6 Å². The summed E-state index contributed by atoms with van der Waals surface area (Å²) < 4.78 is 1.83. The number of hydrogen-bond acceptors (Lipinski definition) is 5. The highest BCUT2D eigenvalue weighted by molar-refractivity contribution is 9.10. The number of imide groups is 1. The van der Waals surface area contributed by atoms with Crippen LogP contribution in [0.2, 0.25) is 10.0 Å². The lowest BCUT2D eigenvalue weighted by Gasteiger charge is -2.24. The highest BCUT2D eigenvalue weighted by atomic mass is 79.9. The molecule has 0 aliphatic heterocycles. The first-order valence-electron chi connectivity index (χ1n) is 9.14. The van der Waals surface area contributed by atoms with Crippen LogP contribution in [0.25, 0.3) is 5.82 Å². The minimum Gasteiger partial charge on any atom is -0.352 e. The molecule has 2 aromatic heterocycles. The number of halogens is 4. The molecule has 1 aromatic carbocycles. The van der Waals surface area contributed by atoms with Crippen LogP contribution in [0.15, 0.2) is 45.6 Å². The van der Waals surface area contributed by atoms with Crippen LogP contribution in [0.1, 0.15) is 34.7 Å². The molecule has 0 bridgehead atoms. The molecule has 12 heteroatoms. The Morgan fingerprint density at radius 2 is 1.91 bits per heavy atom. The molecule has 0 fully saturated rings. The third-order valence-corrected chi connectivity index (χ3v) is 5.70. The highest BCUT2D eigenvalue weighted by Gasteiger charge is 2.32.